The zero-order chi connectivity index (χ0) is 28.3. The van der Waals surface area contributed by atoms with Crippen LogP contribution in [0.4, 0.5) is 8.78 Å². The molecule has 12 heteroatoms. The second-order valence-corrected chi connectivity index (χ2v) is 12.5. The molecule has 3 rings (SSSR count). The van der Waals surface area contributed by atoms with Crippen LogP contribution >= 0.6 is 22.9 Å². The van der Waals surface area contributed by atoms with Gasteiger partial charge in [0.05, 0.1) is 20.5 Å². The third-order valence-corrected chi connectivity index (χ3v) is 9.83. The van der Waals surface area contributed by atoms with Gasteiger partial charge in [0.25, 0.3) is 0 Å². The molecule has 1 aliphatic rings. The van der Waals surface area contributed by atoms with E-state index in [1.165, 1.54) is 30.5 Å². The van der Waals surface area contributed by atoms with Gasteiger partial charge in [0.1, 0.15) is 22.8 Å². The molecule has 38 heavy (non-hydrogen) atoms. The molecule has 0 aliphatic carbocycles. The maximum Gasteiger partial charge on any atom is 0.387 e. The predicted octanol–water partition coefficient (Wildman–Crippen LogP) is 6.81. The van der Waals surface area contributed by atoms with Crippen molar-refractivity contribution in [2.75, 3.05) is 12.8 Å². The zero-order valence-electron chi connectivity index (χ0n) is 21.9. The number of aliphatic imine (C=N–C) groups is 1. The highest BCUT2D eigenvalue weighted by atomic mass is 35.5. The summed E-state index contributed by atoms with van der Waals surface area (Å²) in [6.45, 7) is 4.75. The molecule has 1 aromatic heterocycles. The van der Waals surface area contributed by atoms with E-state index in [0.29, 0.717) is 38.3 Å². The second kappa shape index (κ2) is 12.0. The minimum atomic E-state index is -3.67. The van der Waals surface area contributed by atoms with Crippen molar-refractivity contribution in [1.29, 1.82) is 0 Å². The molecule has 2 N–H and O–H groups in total. The highest BCUT2D eigenvalue weighted by Crippen LogP contribution is 2.44. The molecule has 2 heterocycles. The van der Waals surface area contributed by atoms with Crippen LogP contribution in [-0.4, -0.2) is 38.1 Å². The Hall–Kier alpha value is -2.63. The van der Waals surface area contributed by atoms with Crippen LogP contribution < -0.4 is 10.5 Å². The normalized spacial score (nSPS) is 20.3. The van der Waals surface area contributed by atoms with Crippen LogP contribution in [0.5, 0.6) is 5.75 Å². The van der Waals surface area contributed by atoms with Crippen LogP contribution in [0.2, 0.25) is 5.02 Å². The van der Waals surface area contributed by atoms with Crippen molar-refractivity contribution in [3.05, 3.63) is 62.3 Å². The molecule has 0 fully saturated rings. The third kappa shape index (κ3) is 6.68. The van der Waals surface area contributed by atoms with Crippen molar-refractivity contribution in [2.24, 2.45) is 10.7 Å². The van der Waals surface area contributed by atoms with E-state index >= 15 is 0 Å². The molecule has 1 aromatic carbocycles. The average Bonchev–Trinajstić information content (AvgIpc) is 3.24. The fraction of sp³-hybridized carbons (Fsp3) is 0.423. The van der Waals surface area contributed by atoms with E-state index in [0.717, 1.165) is 22.7 Å². The number of hydrogen-bond donors (Lipinski definition) is 1. The summed E-state index contributed by atoms with van der Waals surface area (Å²) < 4.78 is 62.5. The first kappa shape index (κ1) is 29.9. The molecule has 208 valence electrons. The molecule has 0 bridgehead atoms. The Morgan fingerprint density at radius 3 is 2.53 bits per heavy atom. The van der Waals surface area contributed by atoms with Crippen LogP contribution in [0.25, 0.3) is 11.5 Å². The van der Waals surface area contributed by atoms with Crippen LogP contribution in [0.15, 0.2) is 47.0 Å². The summed E-state index contributed by atoms with van der Waals surface area (Å²) in [4.78, 5) is 5.73. The Morgan fingerprint density at radius 1 is 1.32 bits per heavy atom. The van der Waals surface area contributed by atoms with Gasteiger partial charge in [0, 0.05) is 12.6 Å². The molecule has 0 saturated heterocycles. The lowest BCUT2D eigenvalue weighted by molar-refractivity contribution is -0.0498. The molecule has 0 saturated carbocycles. The van der Waals surface area contributed by atoms with E-state index in [4.69, 9.17) is 22.1 Å². The van der Waals surface area contributed by atoms with Gasteiger partial charge in [-0.3, -0.25) is 0 Å². The number of alkyl halides is 2. The maximum absolute atomic E-state index is 12.7. The van der Waals surface area contributed by atoms with Crippen molar-refractivity contribution >= 4 is 50.4 Å². The largest absolute Gasteiger partial charge is 0.456 e. The molecule has 1 atom stereocenters. The number of allylic oxidation sites excluding steroid dienone is 2. The number of nitrogens with zero attached hydrogens (tertiary/aromatic N) is 2. The number of halogens is 3. The van der Waals surface area contributed by atoms with Crippen molar-refractivity contribution in [1.82, 2.24) is 4.31 Å². The Balaban J connectivity index is 2.03. The van der Waals surface area contributed by atoms with E-state index in [-0.39, 0.29) is 17.5 Å². The van der Waals surface area contributed by atoms with Gasteiger partial charge in [-0.25, -0.2) is 17.7 Å². The van der Waals surface area contributed by atoms with Gasteiger partial charge in [0.2, 0.25) is 16.0 Å². The lowest BCUT2D eigenvalue weighted by atomic mass is 10.0. The summed E-state index contributed by atoms with van der Waals surface area (Å²) in [6, 6.07) is 8.00. The van der Waals surface area contributed by atoms with Crippen LogP contribution in [-0.2, 0) is 20.3 Å². The maximum atomic E-state index is 12.7. The van der Waals surface area contributed by atoms with Crippen molar-refractivity contribution in [2.45, 2.75) is 59.1 Å². The van der Waals surface area contributed by atoms with E-state index in [2.05, 4.69) is 9.73 Å². The number of benzene rings is 1. The Bertz CT molecular complexity index is 1350. The minimum absolute atomic E-state index is 0.0508. The minimum Gasteiger partial charge on any atom is -0.456 e. The average molecular weight is 588 g/mol. The number of unbranched alkanes of at least 4 members (excludes halogenated alkanes) is 1. The molecule has 1 aliphatic heterocycles. The van der Waals surface area contributed by atoms with Crippen molar-refractivity contribution in [3.8, 4) is 5.75 Å². The summed E-state index contributed by atoms with van der Waals surface area (Å²) in [5, 5.41) is 0.362. The fourth-order valence-corrected chi connectivity index (χ4v) is 6.98. The molecule has 1 unspecified atom stereocenters. The monoisotopic (exact) mass is 587 g/mol. The number of nitrogens with two attached hydrogens (primary N) is 1. The van der Waals surface area contributed by atoms with E-state index in [1.807, 2.05) is 26.8 Å². The van der Waals surface area contributed by atoms with E-state index in [9.17, 15) is 17.2 Å². The smallest absolute Gasteiger partial charge is 0.387 e. The van der Waals surface area contributed by atoms with Gasteiger partial charge in [-0.1, -0.05) is 31.9 Å². The Morgan fingerprint density at radius 2 is 1.97 bits per heavy atom. The lowest BCUT2D eigenvalue weighted by Gasteiger charge is -2.33. The number of ether oxygens (including phenoxy) is 2. The van der Waals surface area contributed by atoms with Crippen molar-refractivity contribution in [3.63, 3.8) is 0 Å². The summed E-state index contributed by atoms with van der Waals surface area (Å²) in [6.07, 6.45) is 4.24. The molecule has 0 radical (unpaired) electrons. The Labute approximate surface area is 231 Å². The van der Waals surface area contributed by atoms with Crippen LogP contribution in [0.3, 0.4) is 0 Å². The highest BCUT2D eigenvalue weighted by Gasteiger charge is 2.42. The van der Waals surface area contributed by atoms with Crippen LogP contribution in [0, 0.1) is 0 Å². The van der Waals surface area contributed by atoms with Gasteiger partial charge in [-0.2, -0.15) is 8.78 Å². The quantitative estimate of drug-likeness (QED) is 0.308. The van der Waals surface area contributed by atoms with E-state index in [1.54, 1.807) is 25.1 Å². The summed E-state index contributed by atoms with van der Waals surface area (Å²) >= 11 is 7.94. The zero-order valence-corrected chi connectivity index (χ0v) is 24.3. The number of hydrogen-bond acceptors (Lipinski definition) is 7. The highest BCUT2D eigenvalue weighted by molar-refractivity contribution is 7.89. The third-order valence-electron chi connectivity index (χ3n) is 6.07. The Kier molecular flexibility index (Phi) is 9.48. The lowest BCUT2D eigenvalue weighted by Crippen LogP contribution is -2.50. The van der Waals surface area contributed by atoms with Gasteiger partial charge in [-0.05, 0) is 68.7 Å². The van der Waals surface area contributed by atoms with Gasteiger partial charge < -0.3 is 15.2 Å². The fourth-order valence-electron chi connectivity index (χ4n) is 3.84. The summed E-state index contributed by atoms with van der Waals surface area (Å²) in [5.41, 5.74) is 6.41. The summed E-state index contributed by atoms with van der Waals surface area (Å²) in [5.74, 6) is 0.802. The number of thiophene rings is 1. The SMILES string of the molecule is CCCC=C(OC(=C(C)CC)c1ccc(OC(F)F)cc1)c1cc(Cl)c(C2(C)CS(=O)(=O)N(C)C(N)=N2)s1. The molecular weight excluding hydrogens is 556 g/mol. The van der Waals surface area contributed by atoms with Gasteiger partial charge in [0.15, 0.2) is 0 Å². The first-order valence-electron chi connectivity index (χ1n) is 12.1. The van der Waals surface area contributed by atoms with E-state index < -0.39 is 22.2 Å². The van der Waals surface area contributed by atoms with Gasteiger partial charge in [-0.15, -0.1) is 11.3 Å². The molecular formula is C26H32ClF2N3O4S2. The molecule has 2 aromatic rings. The second-order valence-electron chi connectivity index (χ2n) is 9.08. The predicted molar refractivity (Wildman–Crippen MR) is 150 cm³/mol. The topological polar surface area (TPSA) is 94.2 Å². The first-order chi connectivity index (χ1) is 17.8. The van der Waals surface area contributed by atoms with Gasteiger partial charge >= 0.3 is 6.61 Å². The number of sulfonamides is 1. The van der Waals surface area contributed by atoms with Crippen LogP contribution in [0.1, 0.15) is 62.3 Å². The molecule has 0 amide bonds. The number of rotatable bonds is 10. The number of guanidine groups is 1. The standard InChI is InChI=1S/C26H32ClF2N3O4S2/c1-6-8-9-20(36-22(16(3)7-2)17-10-12-18(13-11-17)35-24(28)29)21-14-19(27)23(37-21)26(4)15-38(33,34)32(5)25(30)31-26/h9-14,24H,6-8,15H2,1-5H3,(H2,30,31). The summed E-state index contributed by atoms with van der Waals surface area (Å²) in [7, 11) is -2.31. The molecule has 0 spiro atoms. The van der Waals surface area contributed by atoms with Crippen molar-refractivity contribution < 1.29 is 26.7 Å². The first-order valence-corrected chi connectivity index (χ1v) is 14.9. The molecule has 7 nitrogen and oxygen atoms in total.